The summed E-state index contributed by atoms with van der Waals surface area (Å²) < 4.78 is 5.14. The Morgan fingerprint density at radius 1 is 1.10 bits per heavy atom. The molecule has 0 saturated heterocycles. The molecule has 2 aromatic carbocycles. The SMILES string of the molecule is COc1ccc(C[C@H](N)C(=O)Nc2cc(NC(=O)C3CCCC3)ccc2C)cc1. The Kier molecular flexibility index (Phi) is 6.88. The molecule has 1 fully saturated rings. The zero-order valence-electron chi connectivity index (χ0n) is 17.0. The van der Waals surface area contributed by atoms with Crippen LogP contribution in [-0.4, -0.2) is 25.0 Å². The largest absolute Gasteiger partial charge is 0.497 e. The predicted octanol–water partition coefficient (Wildman–Crippen LogP) is 3.64. The average Bonchev–Trinajstić information content (AvgIpc) is 3.26. The summed E-state index contributed by atoms with van der Waals surface area (Å²) in [7, 11) is 1.61. The first-order valence-corrected chi connectivity index (χ1v) is 10.1. The molecule has 0 radical (unpaired) electrons. The van der Waals surface area contributed by atoms with Crippen molar-refractivity contribution in [3.8, 4) is 5.75 Å². The van der Waals surface area contributed by atoms with Gasteiger partial charge in [-0.3, -0.25) is 9.59 Å². The van der Waals surface area contributed by atoms with Crippen molar-refractivity contribution in [2.24, 2.45) is 11.7 Å². The summed E-state index contributed by atoms with van der Waals surface area (Å²) >= 11 is 0. The average molecular weight is 396 g/mol. The van der Waals surface area contributed by atoms with Crippen LogP contribution >= 0.6 is 0 Å². The second kappa shape index (κ2) is 9.56. The third-order valence-corrected chi connectivity index (χ3v) is 5.44. The summed E-state index contributed by atoms with van der Waals surface area (Å²) in [4.78, 5) is 24.9. The molecular formula is C23H29N3O3. The molecule has 3 rings (SSSR count). The lowest BCUT2D eigenvalue weighted by Gasteiger charge is -2.16. The summed E-state index contributed by atoms with van der Waals surface area (Å²) in [6.07, 6.45) is 4.54. The maximum Gasteiger partial charge on any atom is 0.241 e. The van der Waals surface area contributed by atoms with Crippen LogP contribution in [0.5, 0.6) is 5.75 Å². The van der Waals surface area contributed by atoms with Crippen molar-refractivity contribution >= 4 is 23.2 Å². The van der Waals surface area contributed by atoms with E-state index >= 15 is 0 Å². The summed E-state index contributed by atoms with van der Waals surface area (Å²) in [5.74, 6) is 0.647. The highest BCUT2D eigenvalue weighted by molar-refractivity contribution is 5.97. The van der Waals surface area contributed by atoms with Gasteiger partial charge in [-0.1, -0.05) is 31.0 Å². The molecule has 0 spiro atoms. The van der Waals surface area contributed by atoms with Crippen LogP contribution in [0.2, 0.25) is 0 Å². The van der Waals surface area contributed by atoms with Crippen LogP contribution in [0.1, 0.15) is 36.8 Å². The topological polar surface area (TPSA) is 93.4 Å². The van der Waals surface area contributed by atoms with Gasteiger partial charge in [0.1, 0.15) is 5.75 Å². The van der Waals surface area contributed by atoms with Gasteiger partial charge in [0.25, 0.3) is 0 Å². The van der Waals surface area contributed by atoms with E-state index in [1.807, 2.05) is 43.3 Å². The zero-order valence-corrected chi connectivity index (χ0v) is 17.0. The number of carbonyl (C=O) groups excluding carboxylic acids is 2. The number of nitrogens with one attached hydrogen (secondary N) is 2. The Morgan fingerprint density at radius 2 is 1.79 bits per heavy atom. The highest BCUT2D eigenvalue weighted by atomic mass is 16.5. The summed E-state index contributed by atoms with van der Waals surface area (Å²) in [6, 6.07) is 12.3. The van der Waals surface area contributed by atoms with Gasteiger partial charge in [0.15, 0.2) is 0 Å². The predicted molar refractivity (Wildman–Crippen MR) is 115 cm³/mol. The van der Waals surface area contributed by atoms with Crippen LogP contribution in [0.25, 0.3) is 0 Å². The molecule has 154 valence electrons. The Labute approximate surface area is 171 Å². The summed E-state index contributed by atoms with van der Waals surface area (Å²) in [5, 5.41) is 5.87. The highest BCUT2D eigenvalue weighted by Crippen LogP contribution is 2.27. The van der Waals surface area contributed by atoms with E-state index < -0.39 is 6.04 Å². The number of hydrogen-bond acceptors (Lipinski definition) is 4. The van der Waals surface area contributed by atoms with Gasteiger partial charge in [0.05, 0.1) is 13.2 Å². The first kappa shape index (κ1) is 20.9. The molecule has 0 aromatic heterocycles. The van der Waals surface area contributed by atoms with Crippen molar-refractivity contribution < 1.29 is 14.3 Å². The quantitative estimate of drug-likeness (QED) is 0.667. The van der Waals surface area contributed by atoms with Crippen LogP contribution in [-0.2, 0) is 16.0 Å². The molecular weight excluding hydrogens is 366 g/mol. The first-order chi connectivity index (χ1) is 14.0. The molecule has 6 heteroatoms. The van der Waals surface area contributed by atoms with Crippen LogP contribution < -0.4 is 21.1 Å². The maximum absolute atomic E-state index is 12.6. The number of methoxy groups -OCH3 is 1. The number of anilines is 2. The molecule has 0 unspecified atom stereocenters. The highest BCUT2D eigenvalue weighted by Gasteiger charge is 2.23. The second-order valence-corrected chi connectivity index (χ2v) is 7.65. The van der Waals surface area contributed by atoms with Crippen molar-refractivity contribution in [2.75, 3.05) is 17.7 Å². The standard InChI is InChI=1S/C23H29N3O3/c1-15-7-10-18(25-22(27)17-5-3-4-6-17)14-21(15)26-23(28)20(24)13-16-8-11-19(29-2)12-9-16/h7-12,14,17,20H,3-6,13,24H2,1-2H3,(H,25,27)(H,26,28)/t20-/m0/s1. The van der Waals surface area contributed by atoms with E-state index in [9.17, 15) is 9.59 Å². The second-order valence-electron chi connectivity index (χ2n) is 7.65. The fourth-order valence-corrected chi connectivity index (χ4v) is 3.60. The normalized spacial score (nSPS) is 15.0. The van der Waals surface area contributed by atoms with Gasteiger partial charge in [0, 0.05) is 17.3 Å². The lowest BCUT2D eigenvalue weighted by atomic mass is 10.1. The van der Waals surface area contributed by atoms with E-state index in [0.29, 0.717) is 17.8 Å². The third kappa shape index (κ3) is 5.57. The minimum atomic E-state index is -0.681. The van der Waals surface area contributed by atoms with E-state index in [4.69, 9.17) is 10.5 Å². The van der Waals surface area contributed by atoms with Gasteiger partial charge in [-0.15, -0.1) is 0 Å². The summed E-state index contributed by atoms with van der Waals surface area (Å²) in [6.45, 7) is 1.91. The van der Waals surface area contributed by atoms with Crippen molar-refractivity contribution in [2.45, 2.75) is 45.1 Å². The van der Waals surface area contributed by atoms with Crippen molar-refractivity contribution in [1.82, 2.24) is 0 Å². The van der Waals surface area contributed by atoms with E-state index in [1.165, 1.54) is 0 Å². The number of aryl methyl sites for hydroxylation is 1. The first-order valence-electron chi connectivity index (χ1n) is 10.1. The number of nitrogens with two attached hydrogens (primary N) is 1. The minimum absolute atomic E-state index is 0.0554. The minimum Gasteiger partial charge on any atom is -0.497 e. The van der Waals surface area contributed by atoms with Gasteiger partial charge in [-0.05, 0) is 61.6 Å². The van der Waals surface area contributed by atoms with Gasteiger partial charge >= 0.3 is 0 Å². The molecule has 1 saturated carbocycles. The lowest BCUT2D eigenvalue weighted by molar-refractivity contribution is -0.119. The number of benzene rings is 2. The smallest absolute Gasteiger partial charge is 0.241 e. The molecule has 1 aliphatic carbocycles. The van der Waals surface area contributed by atoms with Gasteiger partial charge < -0.3 is 21.1 Å². The molecule has 6 nitrogen and oxygen atoms in total. The Hall–Kier alpha value is -2.86. The molecule has 0 aliphatic heterocycles. The fourth-order valence-electron chi connectivity index (χ4n) is 3.60. The zero-order chi connectivity index (χ0) is 20.8. The molecule has 2 amide bonds. The van der Waals surface area contributed by atoms with E-state index in [1.54, 1.807) is 13.2 Å². The molecule has 1 aliphatic rings. The Bertz CT molecular complexity index is 858. The van der Waals surface area contributed by atoms with Crippen LogP contribution in [0, 0.1) is 12.8 Å². The van der Waals surface area contributed by atoms with Gasteiger partial charge in [0.2, 0.25) is 11.8 Å². The van der Waals surface area contributed by atoms with Crippen LogP contribution in [0.3, 0.4) is 0 Å². The number of carbonyl (C=O) groups is 2. The number of hydrogen-bond donors (Lipinski definition) is 3. The molecule has 2 aromatic rings. The lowest BCUT2D eigenvalue weighted by Crippen LogP contribution is -2.37. The van der Waals surface area contributed by atoms with Crippen molar-refractivity contribution in [3.63, 3.8) is 0 Å². The van der Waals surface area contributed by atoms with Gasteiger partial charge in [-0.2, -0.15) is 0 Å². The van der Waals surface area contributed by atoms with E-state index in [0.717, 1.165) is 42.6 Å². The van der Waals surface area contributed by atoms with Gasteiger partial charge in [-0.25, -0.2) is 0 Å². The Balaban J connectivity index is 1.61. The van der Waals surface area contributed by atoms with Crippen LogP contribution in [0.15, 0.2) is 42.5 Å². The van der Waals surface area contributed by atoms with E-state index in [-0.39, 0.29) is 17.7 Å². The monoisotopic (exact) mass is 395 g/mol. The van der Waals surface area contributed by atoms with E-state index in [2.05, 4.69) is 10.6 Å². The number of ether oxygens (including phenoxy) is 1. The van der Waals surface area contributed by atoms with Crippen molar-refractivity contribution in [3.05, 3.63) is 53.6 Å². The maximum atomic E-state index is 12.6. The fraction of sp³-hybridized carbons (Fsp3) is 0.391. The molecule has 29 heavy (non-hydrogen) atoms. The third-order valence-electron chi connectivity index (χ3n) is 5.44. The molecule has 1 atom stereocenters. The van der Waals surface area contributed by atoms with Crippen molar-refractivity contribution in [1.29, 1.82) is 0 Å². The van der Waals surface area contributed by atoms with Crippen LogP contribution in [0.4, 0.5) is 11.4 Å². The molecule has 0 bridgehead atoms. The summed E-state index contributed by atoms with van der Waals surface area (Å²) in [5.41, 5.74) is 9.32. The molecule has 0 heterocycles. The number of rotatable bonds is 7. The molecule has 4 N–H and O–H groups in total. The Morgan fingerprint density at radius 3 is 2.45 bits per heavy atom. The number of amides is 2.